The highest BCUT2D eigenvalue weighted by Crippen LogP contribution is 2.18. The number of nitrogens with zero attached hydrogens (tertiary/aromatic N) is 3. The summed E-state index contributed by atoms with van der Waals surface area (Å²) in [6, 6.07) is 3.97. The van der Waals surface area contributed by atoms with Crippen LogP contribution in [0.25, 0.3) is 0 Å². The number of hydrogen-bond donors (Lipinski definition) is 1. The molecular formula is C21H35IN4O3. The normalized spacial score (nSPS) is 20.8. The summed E-state index contributed by atoms with van der Waals surface area (Å²) in [5.74, 6) is 1.60. The quantitative estimate of drug-likeness (QED) is 0.340. The predicted molar refractivity (Wildman–Crippen MR) is 125 cm³/mol. The molecule has 29 heavy (non-hydrogen) atoms. The summed E-state index contributed by atoms with van der Waals surface area (Å²) in [7, 11) is 1.83. The molecule has 164 valence electrons. The van der Waals surface area contributed by atoms with Crippen molar-refractivity contribution < 1.29 is 14.2 Å². The summed E-state index contributed by atoms with van der Waals surface area (Å²) in [4.78, 5) is 11.1. The Hall–Kier alpha value is -1.13. The van der Waals surface area contributed by atoms with Gasteiger partial charge in [0, 0.05) is 45.0 Å². The fourth-order valence-electron chi connectivity index (χ4n) is 3.75. The molecule has 7 nitrogen and oxygen atoms in total. The molecular weight excluding hydrogens is 483 g/mol. The minimum absolute atomic E-state index is 0. The molecule has 3 rings (SSSR count). The van der Waals surface area contributed by atoms with E-state index in [1.54, 1.807) is 6.20 Å². The average molecular weight is 518 g/mol. The first-order chi connectivity index (χ1) is 13.8. The Balaban J connectivity index is 0.00000300. The van der Waals surface area contributed by atoms with Gasteiger partial charge >= 0.3 is 0 Å². The van der Waals surface area contributed by atoms with Crippen LogP contribution in [0, 0.1) is 0 Å². The minimum atomic E-state index is 0. The SMILES string of the molecule is CCOc1ncccc1CNC(=NC)N1CCC(OCC2CCCCO2)CC1.I. The van der Waals surface area contributed by atoms with Gasteiger partial charge in [0.25, 0.3) is 0 Å². The summed E-state index contributed by atoms with van der Waals surface area (Å²) < 4.78 is 17.5. The van der Waals surface area contributed by atoms with Crippen LogP contribution in [0.15, 0.2) is 23.3 Å². The average Bonchev–Trinajstić information content (AvgIpc) is 2.75. The second-order valence-corrected chi connectivity index (χ2v) is 7.31. The third kappa shape index (κ3) is 7.57. The summed E-state index contributed by atoms with van der Waals surface area (Å²) in [5.41, 5.74) is 1.04. The van der Waals surface area contributed by atoms with Crippen LogP contribution in [0.2, 0.25) is 0 Å². The minimum Gasteiger partial charge on any atom is -0.478 e. The number of piperidine rings is 1. The summed E-state index contributed by atoms with van der Waals surface area (Å²) in [6.45, 7) is 6.73. The van der Waals surface area contributed by atoms with Crippen molar-refractivity contribution >= 4 is 29.9 Å². The predicted octanol–water partition coefficient (Wildman–Crippen LogP) is 3.22. The van der Waals surface area contributed by atoms with Crippen LogP contribution in [0.1, 0.15) is 44.6 Å². The van der Waals surface area contributed by atoms with Crippen molar-refractivity contribution in [1.29, 1.82) is 0 Å². The second-order valence-electron chi connectivity index (χ2n) is 7.31. The number of likely N-dealkylation sites (tertiary alicyclic amines) is 1. The molecule has 0 aromatic carbocycles. The lowest BCUT2D eigenvalue weighted by molar-refractivity contribution is -0.0721. The Bertz CT molecular complexity index is 618. The number of rotatable bonds is 7. The first kappa shape index (κ1) is 24.1. The van der Waals surface area contributed by atoms with Gasteiger partial charge in [0.05, 0.1) is 25.4 Å². The van der Waals surface area contributed by atoms with Crippen molar-refractivity contribution in [3.63, 3.8) is 0 Å². The molecule has 0 aliphatic carbocycles. The summed E-state index contributed by atoms with van der Waals surface area (Å²) in [6.07, 6.45) is 7.99. The molecule has 0 spiro atoms. The molecule has 3 heterocycles. The first-order valence-electron chi connectivity index (χ1n) is 10.6. The van der Waals surface area contributed by atoms with Gasteiger partial charge in [-0.3, -0.25) is 4.99 Å². The number of ether oxygens (including phenoxy) is 3. The molecule has 1 atom stereocenters. The van der Waals surface area contributed by atoms with E-state index in [1.165, 1.54) is 12.8 Å². The van der Waals surface area contributed by atoms with Crippen LogP contribution < -0.4 is 10.1 Å². The van der Waals surface area contributed by atoms with Crippen molar-refractivity contribution in [1.82, 2.24) is 15.2 Å². The Morgan fingerprint density at radius 2 is 2.14 bits per heavy atom. The van der Waals surface area contributed by atoms with Crippen LogP contribution in [-0.2, 0) is 16.0 Å². The molecule has 2 aliphatic heterocycles. The van der Waals surface area contributed by atoms with Crippen molar-refractivity contribution in [2.45, 2.75) is 57.8 Å². The molecule has 1 aromatic heterocycles. The highest BCUT2D eigenvalue weighted by atomic mass is 127. The van der Waals surface area contributed by atoms with Gasteiger partial charge in [0.2, 0.25) is 5.88 Å². The topological polar surface area (TPSA) is 68.2 Å². The molecule has 1 unspecified atom stereocenters. The van der Waals surface area contributed by atoms with Gasteiger partial charge in [-0.05, 0) is 45.1 Å². The number of nitrogens with one attached hydrogen (secondary N) is 1. The largest absolute Gasteiger partial charge is 0.478 e. The lowest BCUT2D eigenvalue weighted by atomic mass is 10.1. The van der Waals surface area contributed by atoms with Crippen molar-refractivity contribution in [2.24, 2.45) is 4.99 Å². The van der Waals surface area contributed by atoms with Crippen LogP contribution in [0.3, 0.4) is 0 Å². The lowest BCUT2D eigenvalue weighted by Gasteiger charge is -2.35. The molecule has 0 saturated carbocycles. The number of halogens is 1. The van der Waals surface area contributed by atoms with Crippen LogP contribution >= 0.6 is 24.0 Å². The Morgan fingerprint density at radius 3 is 2.83 bits per heavy atom. The maximum Gasteiger partial charge on any atom is 0.218 e. The first-order valence-corrected chi connectivity index (χ1v) is 10.6. The van der Waals surface area contributed by atoms with E-state index in [-0.39, 0.29) is 24.0 Å². The molecule has 1 aromatic rings. The highest BCUT2D eigenvalue weighted by Gasteiger charge is 2.24. The van der Waals surface area contributed by atoms with Gasteiger partial charge < -0.3 is 24.4 Å². The van der Waals surface area contributed by atoms with Gasteiger partial charge in [-0.25, -0.2) is 4.98 Å². The van der Waals surface area contributed by atoms with E-state index < -0.39 is 0 Å². The molecule has 8 heteroatoms. The third-order valence-electron chi connectivity index (χ3n) is 5.31. The Morgan fingerprint density at radius 1 is 1.31 bits per heavy atom. The van der Waals surface area contributed by atoms with E-state index >= 15 is 0 Å². The maximum absolute atomic E-state index is 6.12. The molecule has 2 fully saturated rings. The van der Waals surface area contributed by atoms with Gasteiger partial charge in [0.15, 0.2) is 5.96 Å². The second kappa shape index (κ2) is 13.2. The number of guanidine groups is 1. The maximum atomic E-state index is 6.12. The standard InChI is InChI=1S/C21H34N4O3.HI/c1-3-26-20-17(7-6-11-23-20)15-24-21(22-2)25-12-9-18(10-13-25)28-16-19-8-4-5-14-27-19;/h6-7,11,18-19H,3-5,8-10,12-16H2,1-2H3,(H,22,24);1H. The van der Waals surface area contributed by atoms with E-state index in [9.17, 15) is 0 Å². The Kier molecular flexibility index (Phi) is 11.0. The number of aromatic nitrogens is 1. The van der Waals surface area contributed by atoms with E-state index in [1.807, 2.05) is 26.1 Å². The number of hydrogen-bond acceptors (Lipinski definition) is 5. The molecule has 2 aliphatic rings. The summed E-state index contributed by atoms with van der Waals surface area (Å²) >= 11 is 0. The zero-order valence-corrected chi connectivity index (χ0v) is 20.0. The van der Waals surface area contributed by atoms with Crippen molar-refractivity contribution in [3.8, 4) is 5.88 Å². The molecule has 0 radical (unpaired) electrons. The fourth-order valence-corrected chi connectivity index (χ4v) is 3.75. The number of aliphatic imine (C=N–C) groups is 1. The Labute approximate surface area is 191 Å². The van der Waals surface area contributed by atoms with Crippen LogP contribution in [0.4, 0.5) is 0 Å². The zero-order valence-electron chi connectivity index (χ0n) is 17.6. The molecule has 2 saturated heterocycles. The fraction of sp³-hybridized carbons (Fsp3) is 0.714. The molecule has 1 N–H and O–H groups in total. The van der Waals surface area contributed by atoms with Gasteiger partial charge in [0.1, 0.15) is 0 Å². The third-order valence-corrected chi connectivity index (χ3v) is 5.31. The lowest BCUT2D eigenvalue weighted by Crippen LogP contribution is -2.47. The zero-order chi connectivity index (χ0) is 19.6. The van der Waals surface area contributed by atoms with Crippen molar-refractivity contribution in [3.05, 3.63) is 23.9 Å². The van der Waals surface area contributed by atoms with E-state index in [0.717, 1.165) is 57.1 Å². The van der Waals surface area contributed by atoms with Crippen LogP contribution in [-0.4, -0.2) is 68.0 Å². The van der Waals surface area contributed by atoms with Gasteiger partial charge in [-0.2, -0.15) is 0 Å². The molecule has 0 amide bonds. The van der Waals surface area contributed by atoms with E-state index in [2.05, 4.69) is 20.2 Å². The number of pyridine rings is 1. The molecule has 0 bridgehead atoms. The van der Waals surface area contributed by atoms with E-state index in [0.29, 0.717) is 31.2 Å². The summed E-state index contributed by atoms with van der Waals surface area (Å²) in [5, 5.41) is 3.45. The highest BCUT2D eigenvalue weighted by molar-refractivity contribution is 14.0. The van der Waals surface area contributed by atoms with E-state index in [4.69, 9.17) is 14.2 Å². The van der Waals surface area contributed by atoms with Gasteiger partial charge in [-0.1, -0.05) is 6.07 Å². The smallest absolute Gasteiger partial charge is 0.218 e. The van der Waals surface area contributed by atoms with Crippen molar-refractivity contribution in [2.75, 3.05) is 40.0 Å². The van der Waals surface area contributed by atoms with Gasteiger partial charge in [-0.15, -0.1) is 24.0 Å². The monoisotopic (exact) mass is 518 g/mol. The van der Waals surface area contributed by atoms with Crippen LogP contribution in [0.5, 0.6) is 5.88 Å².